The number of rotatable bonds is 6. The van der Waals surface area contributed by atoms with Crippen molar-refractivity contribution in [2.75, 3.05) is 0 Å². The Kier molecular flexibility index (Phi) is 6.66. The minimum absolute atomic E-state index is 0.611. The van der Waals surface area contributed by atoms with Gasteiger partial charge >= 0.3 is 0 Å². The van der Waals surface area contributed by atoms with Crippen molar-refractivity contribution in [2.45, 2.75) is 53.4 Å². The van der Waals surface area contributed by atoms with Gasteiger partial charge in [-0.3, -0.25) is 0 Å². The third-order valence-corrected chi connectivity index (χ3v) is 2.55. The second-order valence-corrected chi connectivity index (χ2v) is 3.96. The third-order valence-electron chi connectivity index (χ3n) is 2.55. The summed E-state index contributed by atoms with van der Waals surface area (Å²) in [5.41, 5.74) is 2.80. The molecule has 76 valence electrons. The van der Waals surface area contributed by atoms with Gasteiger partial charge < -0.3 is 0 Å². The van der Waals surface area contributed by atoms with Crippen LogP contribution in [-0.2, 0) is 0 Å². The predicted molar refractivity (Wildman–Crippen MR) is 61.9 cm³/mol. The van der Waals surface area contributed by atoms with Crippen LogP contribution in [0.15, 0.2) is 23.8 Å². The lowest BCUT2D eigenvalue weighted by Gasteiger charge is -2.13. The van der Waals surface area contributed by atoms with E-state index < -0.39 is 0 Å². The van der Waals surface area contributed by atoms with Gasteiger partial charge in [-0.15, -0.1) is 0 Å². The molecule has 1 unspecified atom stereocenters. The smallest absolute Gasteiger partial charge is 0.00262 e. The molecule has 0 N–H and O–H groups in total. The van der Waals surface area contributed by atoms with E-state index in [1.54, 1.807) is 0 Å². The van der Waals surface area contributed by atoms with Crippen LogP contribution >= 0.6 is 0 Å². The maximum atomic E-state index is 4.05. The van der Waals surface area contributed by atoms with E-state index in [9.17, 15) is 0 Å². The fourth-order valence-electron chi connectivity index (χ4n) is 1.36. The molecular formula is C13H24. The molecule has 0 amide bonds. The lowest BCUT2D eigenvalue weighted by atomic mass is 9.93. The first-order chi connectivity index (χ1) is 6.11. The van der Waals surface area contributed by atoms with Crippen LogP contribution in [0.4, 0.5) is 0 Å². The molecule has 0 heterocycles. The summed E-state index contributed by atoms with van der Waals surface area (Å²) in [6.45, 7) is 12.9. The van der Waals surface area contributed by atoms with Gasteiger partial charge in [0.15, 0.2) is 0 Å². The zero-order valence-corrected chi connectivity index (χ0v) is 9.69. The van der Waals surface area contributed by atoms with Gasteiger partial charge in [0.25, 0.3) is 0 Å². The van der Waals surface area contributed by atoms with Crippen LogP contribution in [0.3, 0.4) is 0 Å². The lowest BCUT2D eigenvalue weighted by molar-refractivity contribution is 0.615. The molecular weight excluding hydrogens is 156 g/mol. The molecule has 0 aromatic heterocycles. The van der Waals surface area contributed by atoms with Crippen molar-refractivity contribution >= 4 is 0 Å². The first kappa shape index (κ1) is 12.5. The summed E-state index contributed by atoms with van der Waals surface area (Å²) in [4.78, 5) is 0. The Bertz CT molecular complexity index is 174. The Morgan fingerprint density at radius 3 is 2.31 bits per heavy atom. The first-order valence-corrected chi connectivity index (χ1v) is 5.44. The highest BCUT2D eigenvalue weighted by atomic mass is 14.1. The lowest BCUT2D eigenvalue weighted by Crippen LogP contribution is -1.98. The first-order valence-electron chi connectivity index (χ1n) is 5.44. The summed E-state index contributed by atoms with van der Waals surface area (Å²) in [5, 5.41) is 0. The van der Waals surface area contributed by atoms with Gasteiger partial charge in [-0.25, -0.2) is 0 Å². The zero-order valence-electron chi connectivity index (χ0n) is 9.69. The van der Waals surface area contributed by atoms with Crippen molar-refractivity contribution < 1.29 is 0 Å². The minimum atomic E-state index is 0.611. The van der Waals surface area contributed by atoms with Crippen molar-refractivity contribution in [1.82, 2.24) is 0 Å². The van der Waals surface area contributed by atoms with Gasteiger partial charge in [0.1, 0.15) is 0 Å². The summed E-state index contributed by atoms with van der Waals surface area (Å²) < 4.78 is 0. The van der Waals surface area contributed by atoms with Crippen LogP contribution in [0, 0.1) is 5.92 Å². The Hall–Kier alpha value is -0.520. The minimum Gasteiger partial charge on any atom is -0.0995 e. The maximum Gasteiger partial charge on any atom is -0.00262 e. The quantitative estimate of drug-likeness (QED) is 0.519. The summed E-state index contributed by atoms with van der Waals surface area (Å²) in [5.74, 6) is 0.611. The molecule has 0 aliphatic heterocycles. The summed E-state index contributed by atoms with van der Waals surface area (Å²) in [6, 6.07) is 0. The van der Waals surface area contributed by atoms with Crippen LogP contribution < -0.4 is 0 Å². The van der Waals surface area contributed by atoms with Gasteiger partial charge in [0.05, 0.1) is 0 Å². The van der Waals surface area contributed by atoms with Crippen molar-refractivity contribution in [3.8, 4) is 0 Å². The fourth-order valence-corrected chi connectivity index (χ4v) is 1.36. The average Bonchev–Trinajstić information content (AvgIpc) is 2.11. The topological polar surface area (TPSA) is 0 Å². The highest BCUT2D eigenvalue weighted by Gasteiger charge is 2.05. The molecule has 0 saturated heterocycles. The predicted octanol–water partition coefficient (Wildman–Crippen LogP) is 4.73. The van der Waals surface area contributed by atoms with E-state index in [2.05, 4.69) is 40.3 Å². The van der Waals surface area contributed by atoms with E-state index in [-0.39, 0.29) is 0 Å². The summed E-state index contributed by atoms with van der Waals surface area (Å²) >= 11 is 0. The summed E-state index contributed by atoms with van der Waals surface area (Å²) in [7, 11) is 0. The van der Waals surface area contributed by atoms with Gasteiger partial charge in [-0.2, -0.15) is 0 Å². The Morgan fingerprint density at radius 2 is 1.92 bits per heavy atom. The molecule has 1 atom stereocenters. The van der Waals surface area contributed by atoms with E-state index in [4.69, 9.17) is 0 Å². The van der Waals surface area contributed by atoms with Crippen LogP contribution in [0.25, 0.3) is 0 Å². The van der Waals surface area contributed by atoms with E-state index in [1.807, 2.05) is 0 Å². The highest BCUT2D eigenvalue weighted by Crippen LogP contribution is 2.20. The molecule has 0 saturated carbocycles. The summed E-state index contributed by atoms with van der Waals surface area (Å²) in [6.07, 6.45) is 7.41. The van der Waals surface area contributed by atoms with Gasteiger partial charge in [0, 0.05) is 0 Å². The molecule has 0 rings (SSSR count). The number of unbranched alkanes of at least 4 members (excludes halogenated alkanes) is 1. The van der Waals surface area contributed by atoms with E-state index >= 15 is 0 Å². The average molecular weight is 180 g/mol. The number of hydrogen-bond acceptors (Lipinski definition) is 0. The van der Waals surface area contributed by atoms with E-state index in [0.717, 1.165) is 6.42 Å². The second-order valence-electron chi connectivity index (χ2n) is 3.96. The molecule has 0 bridgehead atoms. The molecule has 0 fully saturated rings. The fraction of sp³-hybridized carbons (Fsp3) is 0.692. The zero-order chi connectivity index (χ0) is 10.3. The molecule has 13 heavy (non-hydrogen) atoms. The van der Waals surface area contributed by atoms with Gasteiger partial charge in [-0.05, 0) is 32.6 Å². The Labute approximate surface area is 83.7 Å². The van der Waals surface area contributed by atoms with Crippen molar-refractivity contribution in [3.63, 3.8) is 0 Å². The number of allylic oxidation sites excluding steroid dienone is 3. The van der Waals surface area contributed by atoms with E-state index in [1.165, 1.54) is 30.4 Å². The Balaban J connectivity index is 4.17. The highest BCUT2D eigenvalue weighted by molar-refractivity contribution is 5.11. The standard InChI is InChI=1S/C13H24/c1-6-8-9-13(11(3)4)10-12(5)7-2/h10,13H,3,6-9H2,1-2,4-5H3/b12-10+. The van der Waals surface area contributed by atoms with E-state index in [0.29, 0.717) is 5.92 Å². The van der Waals surface area contributed by atoms with Crippen LogP contribution in [0.5, 0.6) is 0 Å². The van der Waals surface area contributed by atoms with Crippen LogP contribution in [0.2, 0.25) is 0 Å². The molecule has 0 radical (unpaired) electrons. The molecule has 0 aromatic rings. The van der Waals surface area contributed by atoms with Crippen LogP contribution in [-0.4, -0.2) is 0 Å². The number of hydrogen-bond donors (Lipinski definition) is 0. The monoisotopic (exact) mass is 180 g/mol. The van der Waals surface area contributed by atoms with Gasteiger partial charge in [0.2, 0.25) is 0 Å². The molecule has 0 heteroatoms. The normalized spacial score (nSPS) is 14.3. The molecule has 0 nitrogen and oxygen atoms in total. The Morgan fingerprint density at radius 1 is 1.31 bits per heavy atom. The second kappa shape index (κ2) is 6.94. The van der Waals surface area contributed by atoms with Gasteiger partial charge in [-0.1, -0.05) is 50.5 Å². The van der Waals surface area contributed by atoms with Crippen molar-refractivity contribution in [2.24, 2.45) is 5.92 Å². The van der Waals surface area contributed by atoms with Crippen molar-refractivity contribution in [3.05, 3.63) is 23.8 Å². The maximum absolute atomic E-state index is 4.05. The largest absolute Gasteiger partial charge is 0.0995 e. The molecule has 0 aromatic carbocycles. The molecule has 0 spiro atoms. The third kappa shape index (κ3) is 5.68. The molecule has 0 aliphatic carbocycles. The van der Waals surface area contributed by atoms with Crippen LogP contribution in [0.1, 0.15) is 53.4 Å². The van der Waals surface area contributed by atoms with Crippen molar-refractivity contribution in [1.29, 1.82) is 0 Å². The molecule has 0 aliphatic rings. The SMILES string of the molecule is C=C(C)C(/C=C(\C)CC)CCCC.